The van der Waals surface area contributed by atoms with Gasteiger partial charge in [0.05, 0.1) is 6.61 Å². The Hall–Kier alpha value is -0.0800. The highest BCUT2D eigenvalue weighted by Crippen LogP contribution is 2.13. The van der Waals surface area contributed by atoms with Crippen LogP contribution in [0.3, 0.4) is 0 Å². The fourth-order valence-electron chi connectivity index (χ4n) is 1.40. The lowest BCUT2D eigenvalue weighted by Gasteiger charge is -2.20. The van der Waals surface area contributed by atoms with Crippen molar-refractivity contribution < 1.29 is 4.74 Å². The minimum absolute atomic E-state index is 0.402. The van der Waals surface area contributed by atoms with E-state index in [9.17, 15) is 0 Å². The minimum atomic E-state index is 0.402. The SMILES string of the molecule is CC(C)(C)CNCC1CCOC1. The molecular weight excluding hydrogens is 150 g/mol. The second-order valence-corrected chi connectivity index (χ2v) is 4.92. The van der Waals surface area contributed by atoms with Crippen LogP contribution in [0, 0.1) is 11.3 Å². The Balaban J connectivity index is 2.02. The fraction of sp³-hybridized carbons (Fsp3) is 1.00. The summed E-state index contributed by atoms with van der Waals surface area (Å²) < 4.78 is 5.30. The summed E-state index contributed by atoms with van der Waals surface area (Å²) in [5, 5.41) is 3.49. The number of ether oxygens (including phenoxy) is 1. The van der Waals surface area contributed by atoms with E-state index in [-0.39, 0.29) is 0 Å². The fourth-order valence-corrected chi connectivity index (χ4v) is 1.40. The molecule has 0 aliphatic carbocycles. The van der Waals surface area contributed by atoms with Crippen molar-refractivity contribution in [2.24, 2.45) is 11.3 Å². The van der Waals surface area contributed by atoms with Crippen LogP contribution in [0.25, 0.3) is 0 Å². The molecule has 1 aliphatic rings. The third-order valence-corrected chi connectivity index (χ3v) is 2.11. The molecular formula is C10H21NO. The molecule has 1 atom stereocenters. The third kappa shape index (κ3) is 4.07. The molecule has 0 spiro atoms. The van der Waals surface area contributed by atoms with Gasteiger partial charge in [-0.15, -0.1) is 0 Å². The molecule has 2 heteroatoms. The van der Waals surface area contributed by atoms with Crippen molar-refractivity contribution in [1.82, 2.24) is 5.32 Å². The molecule has 1 unspecified atom stereocenters. The Morgan fingerprint density at radius 3 is 2.67 bits per heavy atom. The van der Waals surface area contributed by atoms with Crippen LogP contribution >= 0.6 is 0 Å². The summed E-state index contributed by atoms with van der Waals surface area (Å²) in [6, 6.07) is 0. The molecule has 1 heterocycles. The van der Waals surface area contributed by atoms with Gasteiger partial charge in [0.1, 0.15) is 0 Å². The first-order valence-electron chi connectivity index (χ1n) is 4.86. The van der Waals surface area contributed by atoms with Crippen molar-refractivity contribution >= 4 is 0 Å². The maximum atomic E-state index is 5.30. The van der Waals surface area contributed by atoms with Crippen LogP contribution in [0.4, 0.5) is 0 Å². The Kier molecular flexibility index (Phi) is 3.53. The summed E-state index contributed by atoms with van der Waals surface area (Å²) >= 11 is 0. The second-order valence-electron chi connectivity index (χ2n) is 4.92. The van der Waals surface area contributed by atoms with E-state index >= 15 is 0 Å². The van der Waals surface area contributed by atoms with E-state index < -0.39 is 0 Å². The Morgan fingerprint density at radius 2 is 2.17 bits per heavy atom. The molecule has 2 nitrogen and oxygen atoms in total. The first kappa shape index (κ1) is 10.0. The van der Waals surface area contributed by atoms with Crippen molar-refractivity contribution in [1.29, 1.82) is 0 Å². The molecule has 0 amide bonds. The highest BCUT2D eigenvalue weighted by atomic mass is 16.5. The second kappa shape index (κ2) is 4.24. The molecule has 1 rings (SSSR count). The van der Waals surface area contributed by atoms with E-state index in [1.807, 2.05) is 0 Å². The Bertz CT molecular complexity index is 122. The van der Waals surface area contributed by atoms with Crippen molar-refractivity contribution in [3.63, 3.8) is 0 Å². The van der Waals surface area contributed by atoms with Gasteiger partial charge in [0.15, 0.2) is 0 Å². The molecule has 1 aliphatic heterocycles. The van der Waals surface area contributed by atoms with Crippen LogP contribution in [-0.2, 0) is 4.74 Å². The van der Waals surface area contributed by atoms with Gasteiger partial charge in [-0.2, -0.15) is 0 Å². The van der Waals surface area contributed by atoms with Gasteiger partial charge < -0.3 is 10.1 Å². The van der Waals surface area contributed by atoms with Gasteiger partial charge in [-0.05, 0) is 17.8 Å². The van der Waals surface area contributed by atoms with Gasteiger partial charge in [0, 0.05) is 19.7 Å². The van der Waals surface area contributed by atoms with Crippen LogP contribution in [0.15, 0.2) is 0 Å². The largest absolute Gasteiger partial charge is 0.381 e. The smallest absolute Gasteiger partial charge is 0.0507 e. The third-order valence-electron chi connectivity index (χ3n) is 2.11. The van der Waals surface area contributed by atoms with E-state index in [0.29, 0.717) is 5.41 Å². The average Bonchev–Trinajstić information content (AvgIpc) is 2.36. The number of rotatable bonds is 3. The summed E-state index contributed by atoms with van der Waals surface area (Å²) in [4.78, 5) is 0. The van der Waals surface area contributed by atoms with Crippen molar-refractivity contribution in [3.8, 4) is 0 Å². The van der Waals surface area contributed by atoms with Crippen LogP contribution in [0.5, 0.6) is 0 Å². The van der Waals surface area contributed by atoms with E-state index in [1.165, 1.54) is 6.42 Å². The normalized spacial score (nSPS) is 24.8. The topological polar surface area (TPSA) is 21.3 Å². The zero-order valence-electron chi connectivity index (χ0n) is 8.52. The number of nitrogens with one attached hydrogen (secondary N) is 1. The summed E-state index contributed by atoms with van der Waals surface area (Å²) in [6.45, 7) is 10.9. The molecule has 1 N–H and O–H groups in total. The van der Waals surface area contributed by atoms with Gasteiger partial charge in [-0.25, -0.2) is 0 Å². The van der Waals surface area contributed by atoms with Gasteiger partial charge in [-0.3, -0.25) is 0 Å². The quantitative estimate of drug-likeness (QED) is 0.697. The lowest BCUT2D eigenvalue weighted by molar-refractivity contribution is 0.184. The van der Waals surface area contributed by atoms with Crippen LogP contribution < -0.4 is 5.32 Å². The lowest BCUT2D eigenvalue weighted by atomic mass is 9.96. The zero-order valence-corrected chi connectivity index (χ0v) is 8.52. The Labute approximate surface area is 75.7 Å². The molecule has 0 aromatic carbocycles. The molecule has 0 aromatic heterocycles. The summed E-state index contributed by atoms with van der Waals surface area (Å²) in [7, 11) is 0. The summed E-state index contributed by atoms with van der Waals surface area (Å²) in [6.07, 6.45) is 1.23. The van der Waals surface area contributed by atoms with Gasteiger partial charge in [0.2, 0.25) is 0 Å². The standard InChI is InChI=1S/C10H21NO/c1-10(2,3)8-11-6-9-4-5-12-7-9/h9,11H,4-8H2,1-3H3. The van der Waals surface area contributed by atoms with Crippen LogP contribution in [0.1, 0.15) is 27.2 Å². The van der Waals surface area contributed by atoms with Crippen molar-refractivity contribution in [3.05, 3.63) is 0 Å². The van der Waals surface area contributed by atoms with Crippen molar-refractivity contribution in [2.45, 2.75) is 27.2 Å². The van der Waals surface area contributed by atoms with Gasteiger partial charge in [0.25, 0.3) is 0 Å². The molecule has 1 fully saturated rings. The predicted molar refractivity (Wildman–Crippen MR) is 51.3 cm³/mol. The summed E-state index contributed by atoms with van der Waals surface area (Å²) in [5.41, 5.74) is 0.402. The van der Waals surface area contributed by atoms with Crippen LogP contribution in [-0.4, -0.2) is 26.3 Å². The maximum Gasteiger partial charge on any atom is 0.0507 e. The molecule has 72 valence electrons. The minimum Gasteiger partial charge on any atom is -0.381 e. The molecule has 0 radical (unpaired) electrons. The average molecular weight is 171 g/mol. The van der Waals surface area contributed by atoms with Gasteiger partial charge in [-0.1, -0.05) is 20.8 Å². The molecule has 0 bridgehead atoms. The highest BCUT2D eigenvalue weighted by Gasteiger charge is 2.16. The zero-order chi connectivity index (χ0) is 9.03. The van der Waals surface area contributed by atoms with Gasteiger partial charge >= 0.3 is 0 Å². The van der Waals surface area contributed by atoms with E-state index in [0.717, 1.165) is 32.2 Å². The number of hydrogen-bond acceptors (Lipinski definition) is 2. The first-order valence-corrected chi connectivity index (χ1v) is 4.86. The van der Waals surface area contributed by atoms with Crippen molar-refractivity contribution in [2.75, 3.05) is 26.3 Å². The summed E-state index contributed by atoms with van der Waals surface area (Å²) in [5.74, 6) is 0.757. The predicted octanol–water partition coefficient (Wildman–Crippen LogP) is 1.66. The molecule has 0 saturated carbocycles. The highest BCUT2D eigenvalue weighted by molar-refractivity contribution is 4.70. The monoisotopic (exact) mass is 171 g/mol. The van der Waals surface area contributed by atoms with E-state index in [1.54, 1.807) is 0 Å². The Morgan fingerprint density at radius 1 is 1.42 bits per heavy atom. The maximum absolute atomic E-state index is 5.30. The van der Waals surface area contributed by atoms with Crippen LogP contribution in [0.2, 0.25) is 0 Å². The van der Waals surface area contributed by atoms with E-state index in [2.05, 4.69) is 26.1 Å². The molecule has 1 saturated heterocycles. The molecule has 12 heavy (non-hydrogen) atoms. The lowest BCUT2D eigenvalue weighted by Crippen LogP contribution is -2.31. The van der Waals surface area contributed by atoms with E-state index in [4.69, 9.17) is 4.74 Å². The number of hydrogen-bond donors (Lipinski definition) is 1. The first-order chi connectivity index (χ1) is 5.58. The molecule has 0 aromatic rings.